The van der Waals surface area contributed by atoms with E-state index in [0.717, 1.165) is 23.2 Å². The maximum Gasteiger partial charge on any atom is 0.129 e. The molecule has 0 aliphatic heterocycles. The third-order valence-electron chi connectivity index (χ3n) is 3.51. The molecule has 4 heteroatoms. The number of aromatic hydroxyl groups is 1. The normalized spacial score (nSPS) is 11.2. The van der Waals surface area contributed by atoms with E-state index >= 15 is 0 Å². The van der Waals surface area contributed by atoms with Gasteiger partial charge in [-0.2, -0.15) is 0 Å². The number of nitrogens with one attached hydrogen (secondary N) is 1. The van der Waals surface area contributed by atoms with Gasteiger partial charge in [-0.3, -0.25) is 0 Å². The van der Waals surface area contributed by atoms with E-state index in [1.165, 1.54) is 16.4 Å². The maximum atomic E-state index is 9.78. The van der Waals surface area contributed by atoms with E-state index in [-0.39, 0.29) is 0 Å². The molecule has 0 fully saturated rings. The van der Waals surface area contributed by atoms with Gasteiger partial charge in [0.25, 0.3) is 0 Å². The van der Waals surface area contributed by atoms with Gasteiger partial charge in [-0.05, 0) is 73.5 Å². The van der Waals surface area contributed by atoms with E-state index in [0.29, 0.717) is 14.3 Å². The van der Waals surface area contributed by atoms with Crippen molar-refractivity contribution < 1.29 is 5.11 Å². The summed E-state index contributed by atoms with van der Waals surface area (Å²) in [5.41, 5.74) is 4.34. The van der Waals surface area contributed by atoms with Crippen LogP contribution in [0.3, 0.4) is 0 Å². The summed E-state index contributed by atoms with van der Waals surface area (Å²) in [6.07, 6.45) is 2.70. The Bertz CT molecular complexity index is 603. The number of nitrogens with zero attached hydrogens (tertiary/aromatic N) is 1. The third-order valence-corrected chi connectivity index (χ3v) is 4.56. The van der Waals surface area contributed by atoms with Crippen molar-refractivity contribution in [2.24, 2.45) is 0 Å². The lowest BCUT2D eigenvalue weighted by molar-refractivity contribution is 0.467. The number of aromatic nitrogens is 1. The van der Waals surface area contributed by atoms with Crippen molar-refractivity contribution in [3.05, 3.63) is 46.6 Å². The molecular weight excluding hydrogens is 267 g/mol. The number of aryl methyl sites for hydroxylation is 3. The number of hydrogen-bond donors (Lipinski definition) is 2. The Morgan fingerprint density at radius 1 is 1.10 bits per heavy atom. The van der Waals surface area contributed by atoms with Crippen LogP contribution in [0.25, 0.3) is 0 Å². The van der Waals surface area contributed by atoms with Crippen molar-refractivity contribution in [1.29, 1.82) is 0 Å². The number of phenolic OH excluding ortho intramolecular Hbond substituents is 1. The minimum absolute atomic E-state index is 0.405. The molecular formula is C16H21N2OP. The first-order valence-corrected chi connectivity index (χ1v) is 7.90. The Hall–Kier alpha value is -1.60. The summed E-state index contributed by atoms with van der Waals surface area (Å²) in [5.74, 6) is 1.37. The van der Waals surface area contributed by atoms with Crippen LogP contribution in [0.15, 0.2) is 24.4 Å². The van der Waals surface area contributed by atoms with Gasteiger partial charge in [0.2, 0.25) is 0 Å². The summed E-state index contributed by atoms with van der Waals surface area (Å²) in [6, 6.07) is 6.13. The molecule has 106 valence electrons. The molecule has 0 aliphatic carbocycles. The summed E-state index contributed by atoms with van der Waals surface area (Å²) in [5, 5.41) is 14.4. The van der Waals surface area contributed by atoms with Crippen molar-refractivity contribution in [1.82, 2.24) is 4.98 Å². The molecule has 1 aromatic heterocycles. The fourth-order valence-electron chi connectivity index (χ4n) is 2.10. The number of pyridine rings is 1. The lowest BCUT2D eigenvalue weighted by atomic mass is 10.1. The standard InChI is InChI=1S/C16H21N2OP/c1-10-5-6-17-16(13(10)4)18-9-20-14-7-11(2)15(19)12(3)8-14/h5-8,19-20H,9H2,1-4H3,(H,17,18). The second kappa shape index (κ2) is 6.23. The largest absolute Gasteiger partial charge is 0.507 e. The Balaban J connectivity index is 2.01. The molecule has 2 aromatic rings. The van der Waals surface area contributed by atoms with Gasteiger partial charge in [0.1, 0.15) is 11.6 Å². The van der Waals surface area contributed by atoms with Gasteiger partial charge < -0.3 is 10.4 Å². The van der Waals surface area contributed by atoms with Crippen LogP contribution in [0.4, 0.5) is 5.82 Å². The third kappa shape index (κ3) is 3.29. The molecule has 0 amide bonds. The van der Waals surface area contributed by atoms with Crippen LogP contribution < -0.4 is 10.6 Å². The average molecular weight is 288 g/mol. The van der Waals surface area contributed by atoms with Crippen molar-refractivity contribution in [2.75, 3.05) is 11.6 Å². The van der Waals surface area contributed by atoms with Crippen LogP contribution in [0, 0.1) is 27.7 Å². The number of hydrogen-bond acceptors (Lipinski definition) is 3. The van der Waals surface area contributed by atoms with Crippen molar-refractivity contribution in [3.63, 3.8) is 0 Å². The minimum Gasteiger partial charge on any atom is -0.507 e. The van der Waals surface area contributed by atoms with Crippen LogP contribution in [0.5, 0.6) is 5.75 Å². The molecule has 0 radical (unpaired) electrons. The molecule has 0 saturated carbocycles. The Morgan fingerprint density at radius 2 is 1.75 bits per heavy atom. The Morgan fingerprint density at radius 3 is 2.40 bits per heavy atom. The molecule has 0 bridgehead atoms. The van der Waals surface area contributed by atoms with E-state index in [4.69, 9.17) is 0 Å². The summed E-state index contributed by atoms with van der Waals surface area (Å²) in [7, 11) is 0.650. The van der Waals surface area contributed by atoms with E-state index < -0.39 is 0 Å². The van der Waals surface area contributed by atoms with Gasteiger partial charge in [0.05, 0.1) is 0 Å². The van der Waals surface area contributed by atoms with E-state index in [1.54, 1.807) is 0 Å². The quantitative estimate of drug-likeness (QED) is 0.848. The molecule has 2 rings (SSSR count). The fourth-order valence-corrected chi connectivity index (χ4v) is 3.20. The van der Waals surface area contributed by atoms with Gasteiger partial charge in [0.15, 0.2) is 0 Å². The minimum atomic E-state index is 0.405. The number of phenols is 1. The highest BCUT2D eigenvalue weighted by Gasteiger charge is 2.04. The zero-order valence-electron chi connectivity index (χ0n) is 12.4. The Kier molecular flexibility index (Phi) is 4.61. The van der Waals surface area contributed by atoms with E-state index in [9.17, 15) is 5.11 Å². The summed E-state index contributed by atoms with van der Waals surface area (Å²) in [6.45, 7) is 8.06. The van der Waals surface area contributed by atoms with Crippen LogP contribution >= 0.6 is 8.58 Å². The van der Waals surface area contributed by atoms with Crippen molar-refractivity contribution in [2.45, 2.75) is 27.7 Å². The molecule has 1 aromatic carbocycles. The Labute approximate surface area is 122 Å². The van der Waals surface area contributed by atoms with Crippen molar-refractivity contribution in [3.8, 4) is 5.75 Å². The van der Waals surface area contributed by atoms with Gasteiger partial charge in [-0.25, -0.2) is 4.98 Å². The highest BCUT2D eigenvalue weighted by atomic mass is 31.1. The highest BCUT2D eigenvalue weighted by Crippen LogP contribution is 2.23. The zero-order chi connectivity index (χ0) is 14.7. The molecule has 0 spiro atoms. The first-order chi connectivity index (χ1) is 9.49. The lowest BCUT2D eigenvalue weighted by Gasteiger charge is -2.11. The van der Waals surface area contributed by atoms with Gasteiger partial charge >= 0.3 is 0 Å². The van der Waals surface area contributed by atoms with Crippen molar-refractivity contribution >= 4 is 19.7 Å². The lowest BCUT2D eigenvalue weighted by Crippen LogP contribution is -2.06. The molecule has 20 heavy (non-hydrogen) atoms. The molecule has 1 heterocycles. The number of benzene rings is 1. The van der Waals surface area contributed by atoms with Crippen LogP contribution in [0.2, 0.25) is 0 Å². The first kappa shape index (κ1) is 14.8. The number of rotatable bonds is 4. The molecule has 3 nitrogen and oxygen atoms in total. The second-order valence-electron chi connectivity index (χ2n) is 5.09. The first-order valence-electron chi connectivity index (χ1n) is 6.69. The zero-order valence-corrected chi connectivity index (χ0v) is 13.4. The monoisotopic (exact) mass is 288 g/mol. The molecule has 0 saturated heterocycles. The SMILES string of the molecule is Cc1ccnc(NCPc2cc(C)c(O)c(C)c2)c1C. The maximum absolute atomic E-state index is 9.78. The molecule has 1 unspecified atom stereocenters. The molecule has 0 aliphatic rings. The predicted octanol–water partition coefficient (Wildman–Crippen LogP) is 3.39. The molecule has 2 N–H and O–H groups in total. The smallest absolute Gasteiger partial charge is 0.129 e. The van der Waals surface area contributed by atoms with Crippen LogP contribution in [-0.2, 0) is 0 Å². The molecule has 1 atom stereocenters. The topological polar surface area (TPSA) is 45.2 Å². The fraction of sp³-hybridized carbons (Fsp3) is 0.312. The van der Waals surface area contributed by atoms with Gasteiger partial charge in [0, 0.05) is 12.5 Å². The summed E-state index contributed by atoms with van der Waals surface area (Å²) < 4.78 is 0. The van der Waals surface area contributed by atoms with Crippen LogP contribution in [0.1, 0.15) is 22.3 Å². The highest BCUT2D eigenvalue weighted by molar-refractivity contribution is 7.47. The summed E-state index contributed by atoms with van der Waals surface area (Å²) >= 11 is 0. The second-order valence-corrected chi connectivity index (χ2v) is 6.37. The van der Waals surface area contributed by atoms with Gasteiger partial charge in [-0.1, -0.05) is 8.58 Å². The predicted molar refractivity (Wildman–Crippen MR) is 87.7 cm³/mol. The van der Waals surface area contributed by atoms with Gasteiger partial charge in [-0.15, -0.1) is 0 Å². The number of anilines is 1. The summed E-state index contributed by atoms with van der Waals surface area (Å²) in [4.78, 5) is 4.37. The van der Waals surface area contributed by atoms with E-state index in [2.05, 4.69) is 36.3 Å². The van der Waals surface area contributed by atoms with Crippen LogP contribution in [-0.4, -0.2) is 16.4 Å². The van der Waals surface area contributed by atoms with E-state index in [1.807, 2.05) is 26.1 Å². The average Bonchev–Trinajstić information content (AvgIpc) is 2.41.